The summed E-state index contributed by atoms with van der Waals surface area (Å²) in [5.74, 6) is 0.602. The monoisotopic (exact) mass is 440 g/mol. The zero-order valence-electron chi connectivity index (χ0n) is 20.9. The summed E-state index contributed by atoms with van der Waals surface area (Å²) in [5.41, 5.74) is 0. The van der Waals surface area contributed by atoms with E-state index in [2.05, 4.69) is 60.6 Å². The minimum atomic E-state index is -1.57. The molecule has 0 heterocycles. The predicted molar refractivity (Wildman–Crippen MR) is 135 cm³/mol. The van der Waals surface area contributed by atoms with Gasteiger partial charge in [0.25, 0.3) is 0 Å². The molecule has 1 saturated carbocycles. The minimum Gasteiger partial charge on any atom is -0.413 e. The summed E-state index contributed by atoms with van der Waals surface area (Å²) in [6.07, 6.45) is 14.7. The molecule has 3 atom stereocenters. The molecule has 0 saturated heterocycles. The maximum Gasteiger partial charge on any atom is 0.192 e. The van der Waals surface area contributed by atoms with E-state index >= 15 is 0 Å². The molecule has 1 rings (SSSR count). The fourth-order valence-electron chi connectivity index (χ4n) is 5.02. The van der Waals surface area contributed by atoms with Gasteiger partial charge in [0, 0.05) is 5.92 Å². The van der Waals surface area contributed by atoms with Gasteiger partial charge >= 0.3 is 0 Å². The van der Waals surface area contributed by atoms with Crippen LogP contribution in [0.2, 0.25) is 36.3 Å². The van der Waals surface area contributed by atoms with Gasteiger partial charge in [-0.1, -0.05) is 86.3 Å². The summed E-state index contributed by atoms with van der Waals surface area (Å²) in [6.45, 7) is 16.4. The third kappa shape index (κ3) is 8.27. The largest absolute Gasteiger partial charge is 0.413 e. The molecule has 1 aliphatic carbocycles. The van der Waals surface area contributed by atoms with Gasteiger partial charge in [0.2, 0.25) is 0 Å². The van der Waals surface area contributed by atoms with Gasteiger partial charge in [-0.25, -0.2) is 0 Å². The summed E-state index contributed by atoms with van der Waals surface area (Å²) in [4.78, 5) is 0. The van der Waals surface area contributed by atoms with Crippen LogP contribution < -0.4 is 0 Å². The highest BCUT2D eigenvalue weighted by Crippen LogP contribution is 2.35. The standard InChI is InChI=1S/C25H52O2Si2/c1-8-15-16-19-24(26-28(9-2,10-3)11-4)22-21-23-18-17-20-25(23)27-29(12-5,13-6)14-7/h21-25H,8-20H2,1-7H3/b22-21+/t23-,24-,25-/m0/s1. The lowest BCUT2D eigenvalue weighted by molar-refractivity contribution is 0.163. The van der Waals surface area contributed by atoms with Crippen molar-refractivity contribution in [3.63, 3.8) is 0 Å². The average molecular weight is 441 g/mol. The predicted octanol–water partition coefficient (Wildman–Crippen LogP) is 8.70. The number of rotatable bonds is 16. The van der Waals surface area contributed by atoms with Gasteiger partial charge < -0.3 is 8.85 Å². The first-order valence-electron chi connectivity index (χ1n) is 13.0. The molecular formula is C25H52O2Si2. The summed E-state index contributed by atoms with van der Waals surface area (Å²) < 4.78 is 13.8. The number of unbranched alkanes of at least 4 members (excludes halogenated alkanes) is 2. The second-order valence-corrected chi connectivity index (χ2v) is 18.7. The van der Waals surface area contributed by atoms with E-state index in [-0.39, 0.29) is 0 Å². The fraction of sp³-hybridized carbons (Fsp3) is 0.920. The van der Waals surface area contributed by atoms with Gasteiger partial charge in [-0.2, -0.15) is 0 Å². The molecule has 0 N–H and O–H groups in total. The van der Waals surface area contributed by atoms with E-state index in [4.69, 9.17) is 8.85 Å². The van der Waals surface area contributed by atoms with Crippen molar-refractivity contribution in [1.82, 2.24) is 0 Å². The van der Waals surface area contributed by atoms with Crippen molar-refractivity contribution >= 4 is 16.6 Å². The number of hydrogen-bond donors (Lipinski definition) is 0. The SMILES string of the molecule is CCCCC[C@@H](/C=C/[C@@H]1CCC[C@@H]1O[Si](CC)(CC)CC)O[Si](CC)(CC)CC. The Hall–Kier alpha value is 0.0938. The molecule has 1 fully saturated rings. The van der Waals surface area contributed by atoms with Crippen LogP contribution >= 0.6 is 0 Å². The van der Waals surface area contributed by atoms with Crippen LogP contribution in [0.15, 0.2) is 12.2 Å². The number of hydrogen-bond acceptors (Lipinski definition) is 2. The van der Waals surface area contributed by atoms with Gasteiger partial charge in [-0.3, -0.25) is 0 Å². The third-order valence-corrected chi connectivity index (χ3v) is 17.2. The molecule has 4 heteroatoms. The fourth-order valence-corrected chi connectivity index (χ4v) is 10.8. The Bertz CT molecular complexity index is 428. The first kappa shape index (κ1) is 27.1. The van der Waals surface area contributed by atoms with Crippen molar-refractivity contribution < 1.29 is 8.85 Å². The summed E-state index contributed by atoms with van der Waals surface area (Å²) in [6, 6.07) is 7.49. The van der Waals surface area contributed by atoms with E-state index in [9.17, 15) is 0 Å². The molecule has 0 amide bonds. The van der Waals surface area contributed by atoms with Crippen molar-refractivity contribution in [3.8, 4) is 0 Å². The second-order valence-electron chi connectivity index (χ2n) is 9.28. The molecule has 0 bridgehead atoms. The van der Waals surface area contributed by atoms with E-state index in [0.29, 0.717) is 18.1 Å². The zero-order valence-corrected chi connectivity index (χ0v) is 22.9. The quantitative estimate of drug-likeness (QED) is 0.136. The lowest BCUT2D eigenvalue weighted by Crippen LogP contribution is -2.41. The Kier molecular flexibility index (Phi) is 13.3. The van der Waals surface area contributed by atoms with E-state index in [1.165, 1.54) is 81.2 Å². The van der Waals surface area contributed by atoms with Gasteiger partial charge in [0.15, 0.2) is 16.6 Å². The van der Waals surface area contributed by atoms with Gasteiger partial charge in [-0.15, -0.1) is 0 Å². The molecule has 0 aromatic rings. The van der Waals surface area contributed by atoms with Crippen LogP contribution in [0.3, 0.4) is 0 Å². The second kappa shape index (κ2) is 14.2. The Morgan fingerprint density at radius 1 is 0.793 bits per heavy atom. The highest BCUT2D eigenvalue weighted by Gasteiger charge is 2.36. The topological polar surface area (TPSA) is 18.5 Å². The smallest absolute Gasteiger partial charge is 0.192 e. The molecule has 29 heavy (non-hydrogen) atoms. The van der Waals surface area contributed by atoms with Crippen LogP contribution in [0, 0.1) is 5.92 Å². The Balaban J connectivity index is 2.86. The summed E-state index contributed by atoms with van der Waals surface area (Å²) >= 11 is 0. The van der Waals surface area contributed by atoms with Crippen LogP contribution in [-0.2, 0) is 8.85 Å². The molecule has 2 nitrogen and oxygen atoms in total. The normalized spacial score (nSPS) is 21.9. The van der Waals surface area contributed by atoms with Crippen molar-refractivity contribution in [2.75, 3.05) is 0 Å². The zero-order chi connectivity index (χ0) is 21.8. The van der Waals surface area contributed by atoms with Gasteiger partial charge in [0.05, 0.1) is 12.2 Å². The Labute approximate surface area is 185 Å². The molecule has 0 unspecified atom stereocenters. The van der Waals surface area contributed by atoms with Crippen molar-refractivity contribution in [2.24, 2.45) is 5.92 Å². The highest BCUT2D eigenvalue weighted by atomic mass is 28.4. The van der Waals surface area contributed by atoms with Gasteiger partial charge in [-0.05, 0) is 55.5 Å². The van der Waals surface area contributed by atoms with E-state index in [1.54, 1.807) is 0 Å². The first-order valence-corrected chi connectivity index (χ1v) is 18.1. The third-order valence-electron chi connectivity index (χ3n) is 7.84. The summed E-state index contributed by atoms with van der Waals surface area (Å²) in [7, 11) is -3.09. The molecule has 0 spiro atoms. The van der Waals surface area contributed by atoms with Crippen LogP contribution in [0.1, 0.15) is 93.4 Å². The van der Waals surface area contributed by atoms with Crippen LogP contribution in [0.25, 0.3) is 0 Å². The van der Waals surface area contributed by atoms with Crippen LogP contribution in [-0.4, -0.2) is 28.8 Å². The lowest BCUT2D eigenvalue weighted by Gasteiger charge is -2.34. The lowest BCUT2D eigenvalue weighted by atomic mass is 10.0. The molecule has 0 radical (unpaired) electrons. The van der Waals surface area contributed by atoms with Crippen molar-refractivity contribution in [3.05, 3.63) is 12.2 Å². The molecule has 1 aliphatic rings. The van der Waals surface area contributed by atoms with Crippen LogP contribution in [0.4, 0.5) is 0 Å². The molecule has 0 aromatic heterocycles. The molecule has 0 aromatic carbocycles. The van der Waals surface area contributed by atoms with Crippen molar-refractivity contribution in [2.45, 2.75) is 142 Å². The molecule has 0 aliphatic heterocycles. The molecular weight excluding hydrogens is 388 g/mol. The molecule has 172 valence electrons. The summed E-state index contributed by atoms with van der Waals surface area (Å²) in [5, 5.41) is 0. The average Bonchev–Trinajstić information content (AvgIpc) is 3.20. The van der Waals surface area contributed by atoms with Crippen molar-refractivity contribution in [1.29, 1.82) is 0 Å². The van der Waals surface area contributed by atoms with E-state index in [0.717, 1.165) is 0 Å². The van der Waals surface area contributed by atoms with E-state index < -0.39 is 16.6 Å². The minimum absolute atomic E-state index is 0.319. The first-order chi connectivity index (χ1) is 14.0. The van der Waals surface area contributed by atoms with Crippen LogP contribution in [0.5, 0.6) is 0 Å². The van der Waals surface area contributed by atoms with E-state index in [1.807, 2.05) is 0 Å². The maximum absolute atomic E-state index is 6.91. The Morgan fingerprint density at radius 2 is 1.38 bits per heavy atom. The van der Waals surface area contributed by atoms with Gasteiger partial charge in [0.1, 0.15) is 0 Å². The highest BCUT2D eigenvalue weighted by molar-refractivity contribution is 6.74. The Morgan fingerprint density at radius 3 is 1.90 bits per heavy atom. The maximum atomic E-state index is 6.91.